The lowest BCUT2D eigenvalue weighted by atomic mass is 10.1. The summed E-state index contributed by atoms with van der Waals surface area (Å²) >= 11 is 0. The van der Waals surface area contributed by atoms with Crippen LogP contribution in [0.25, 0.3) is 0 Å². The normalized spacial score (nSPS) is 14.4. The molecule has 2 saturated carbocycles. The van der Waals surface area contributed by atoms with Crippen LogP contribution in [0.5, 0.6) is 5.75 Å². The van der Waals surface area contributed by atoms with E-state index in [4.69, 9.17) is 4.74 Å². The Hall–Kier alpha value is -3.83. The van der Waals surface area contributed by atoms with E-state index in [1.165, 1.54) is 12.8 Å². The van der Waals surface area contributed by atoms with Crippen molar-refractivity contribution >= 4 is 0 Å². The maximum absolute atomic E-state index is 12.9. The van der Waals surface area contributed by atoms with Gasteiger partial charge in [0.05, 0.1) is 6.54 Å². The van der Waals surface area contributed by atoms with E-state index in [2.05, 4.69) is 46.8 Å². The fourth-order valence-electron chi connectivity index (χ4n) is 3.40. The Balaban J connectivity index is 0.00000119. The van der Waals surface area contributed by atoms with Gasteiger partial charge in [0.25, 0.3) is 5.56 Å². The predicted molar refractivity (Wildman–Crippen MR) is 124 cm³/mol. The zero-order valence-electron chi connectivity index (χ0n) is 17.9. The third kappa shape index (κ3) is 5.65. The van der Waals surface area contributed by atoms with Gasteiger partial charge >= 0.3 is 0 Å². The summed E-state index contributed by atoms with van der Waals surface area (Å²) in [5, 5.41) is 0. The molecule has 2 aromatic heterocycles. The SMILES string of the molecule is C#C.O=c1cc(OCc2ncccn2)cc(C2CC2)n1Cc1ccc(C#CC2CC2)cc1. The lowest BCUT2D eigenvalue weighted by Gasteiger charge is -2.15. The second-order valence-corrected chi connectivity index (χ2v) is 8.01. The zero-order valence-corrected chi connectivity index (χ0v) is 17.9. The third-order valence-electron chi connectivity index (χ3n) is 5.41. The molecule has 3 aromatic rings. The summed E-state index contributed by atoms with van der Waals surface area (Å²) in [5.41, 5.74) is 3.14. The maximum atomic E-state index is 12.9. The lowest BCUT2D eigenvalue weighted by Crippen LogP contribution is -2.23. The van der Waals surface area contributed by atoms with Crippen molar-refractivity contribution in [2.75, 3.05) is 0 Å². The molecule has 0 aliphatic heterocycles. The van der Waals surface area contributed by atoms with E-state index < -0.39 is 0 Å². The van der Waals surface area contributed by atoms with Crippen molar-refractivity contribution in [1.82, 2.24) is 14.5 Å². The molecule has 0 radical (unpaired) electrons. The lowest BCUT2D eigenvalue weighted by molar-refractivity contribution is 0.294. The van der Waals surface area contributed by atoms with E-state index >= 15 is 0 Å². The van der Waals surface area contributed by atoms with Gasteiger partial charge in [-0.05, 0) is 55.4 Å². The Morgan fingerprint density at radius 2 is 1.75 bits per heavy atom. The molecule has 1 aromatic carbocycles. The molecular weight excluding hydrogens is 398 g/mol. The minimum Gasteiger partial charge on any atom is -0.485 e. The van der Waals surface area contributed by atoms with E-state index in [0.29, 0.717) is 30.0 Å². The number of aromatic nitrogens is 3. The topological polar surface area (TPSA) is 57.0 Å². The number of rotatable bonds is 6. The quantitative estimate of drug-likeness (QED) is 0.559. The molecule has 0 saturated heterocycles. The van der Waals surface area contributed by atoms with Crippen LogP contribution in [-0.2, 0) is 13.2 Å². The second kappa shape index (κ2) is 9.98. The van der Waals surface area contributed by atoms with E-state index in [0.717, 1.165) is 29.7 Å². The van der Waals surface area contributed by atoms with E-state index in [-0.39, 0.29) is 12.2 Å². The van der Waals surface area contributed by atoms with Crippen LogP contribution in [0.1, 0.15) is 54.2 Å². The van der Waals surface area contributed by atoms with Gasteiger partial charge in [0.2, 0.25) is 0 Å². The van der Waals surface area contributed by atoms with Crippen molar-refractivity contribution < 1.29 is 4.74 Å². The molecule has 0 unspecified atom stereocenters. The molecule has 0 amide bonds. The molecule has 5 heteroatoms. The largest absolute Gasteiger partial charge is 0.485 e. The van der Waals surface area contributed by atoms with Crippen molar-refractivity contribution in [3.05, 3.63) is 87.9 Å². The van der Waals surface area contributed by atoms with Crippen LogP contribution in [0.3, 0.4) is 0 Å². The molecule has 2 aliphatic carbocycles. The number of pyridine rings is 1. The number of benzene rings is 1. The third-order valence-corrected chi connectivity index (χ3v) is 5.41. The molecule has 5 nitrogen and oxygen atoms in total. The minimum absolute atomic E-state index is 0.0408. The first-order valence-electron chi connectivity index (χ1n) is 10.8. The Labute approximate surface area is 188 Å². The van der Waals surface area contributed by atoms with Gasteiger partial charge in [-0.15, -0.1) is 12.8 Å². The van der Waals surface area contributed by atoms with Crippen LogP contribution >= 0.6 is 0 Å². The first-order valence-corrected chi connectivity index (χ1v) is 10.8. The average molecular weight is 424 g/mol. The highest BCUT2D eigenvalue weighted by molar-refractivity contribution is 5.37. The highest BCUT2D eigenvalue weighted by Crippen LogP contribution is 2.40. The monoisotopic (exact) mass is 423 g/mol. The van der Waals surface area contributed by atoms with Gasteiger partial charge in [-0.3, -0.25) is 4.79 Å². The van der Waals surface area contributed by atoms with E-state index in [9.17, 15) is 4.79 Å². The van der Waals surface area contributed by atoms with Crippen LogP contribution in [0, 0.1) is 30.6 Å². The number of ether oxygens (including phenoxy) is 1. The Morgan fingerprint density at radius 3 is 2.41 bits per heavy atom. The van der Waals surface area contributed by atoms with Crippen molar-refractivity contribution in [3.8, 4) is 30.4 Å². The fourth-order valence-corrected chi connectivity index (χ4v) is 3.40. The highest BCUT2D eigenvalue weighted by Gasteiger charge is 2.27. The van der Waals surface area contributed by atoms with Crippen molar-refractivity contribution in [1.29, 1.82) is 0 Å². The Kier molecular flexibility index (Phi) is 6.68. The first-order chi connectivity index (χ1) is 15.7. The maximum Gasteiger partial charge on any atom is 0.254 e. The van der Waals surface area contributed by atoms with Crippen LogP contribution in [0.15, 0.2) is 59.7 Å². The summed E-state index contributed by atoms with van der Waals surface area (Å²) < 4.78 is 7.68. The molecule has 0 N–H and O–H groups in total. The smallest absolute Gasteiger partial charge is 0.254 e. The summed E-state index contributed by atoms with van der Waals surface area (Å²) in [6.45, 7) is 0.806. The summed E-state index contributed by atoms with van der Waals surface area (Å²) in [4.78, 5) is 21.2. The number of hydrogen-bond acceptors (Lipinski definition) is 4. The van der Waals surface area contributed by atoms with Gasteiger partial charge in [0, 0.05) is 41.7 Å². The molecule has 0 bridgehead atoms. The number of terminal acetylenes is 1. The summed E-state index contributed by atoms with van der Waals surface area (Å²) in [7, 11) is 0. The first kappa shape index (κ1) is 21.4. The molecule has 5 rings (SSSR count). The summed E-state index contributed by atoms with van der Waals surface area (Å²) in [6.07, 6.45) is 16.1. The van der Waals surface area contributed by atoms with Crippen molar-refractivity contribution in [2.45, 2.75) is 44.8 Å². The molecule has 2 aliphatic rings. The molecule has 0 atom stereocenters. The molecule has 0 spiro atoms. The summed E-state index contributed by atoms with van der Waals surface area (Å²) in [5.74, 6) is 8.72. The van der Waals surface area contributed by atoms with Crippen molar-refractivity contribution in [2.24, 2.45) is 5.92 Å². The number of nitrogens with zero attached hydrogens (tertiary/aromatic N) is 3. The molecule has 2 heterocycles. The van der Waals surface area contributed by atoms with E-state index in [1.54, 1.807) is 24.5 Å². The van der Waals surface area contributed by atoms with Gasteiger partial charge in [0.1, 0.15) is 12.4 Å². The van der Waals surface area contributed by atoms with Crippen molar-refractivity contribution in [3.63, 3.8) is 0 Å². The number of hydrogen-bond donors (Lipinski definition) is 0. The Morgan fingerprint density at radius 1 is 1.03 bits per heavy atom. The highest BCUT2D eigenvalue weighted by atomic mass is 16.5. The van der Waals surface area contributed by atoms with Gasteiger partial charge in [-0.25, -0.2) is 9.97 Å². The van der Waals surface area contributed by atoms with Gasteiger partial charge in [0.15, 0.2) is 5.82 Å². The van der Waals surface area contributed by atoms with Crippen LogP contribution in [-0.4, -0.2) is 14.5 Å². The van der Waals surface area contributed by atoms with Gasteiger partial charge in [-0.2, -0.15) is 0 Å². The summed E-state index contributed by atoms with van der Waals surface area (Å²) in [6, 6.07) is 13.5. The fraction of sp³-hybridized carbons (Fsp3) is 0.296. The van der Waals surface area contributed by atoms with Gasteiger partial charge in [-0.1, -0.05) is 24.0 Å². The average Bonchev–Trinajstić information content (AvgIpc) is 3.75. The Bertz CT molecular complexity index is 1190. The van der Waals surface area contributed by atoms with Crippen LogP contribution in [0.2, 0.25) is 0 Å². The molecule has 32 heavy (non-hydrogen) atoms. The van der Waals surface area contributed by atoms with E-state index in [1.807, 2.05) is 22.8 Å². The molecule has 2 fully saturated rings. The zero-order chi connectivity index (χ0) is 22.3. The predicted octanol–water partition coefficient (Wildman–Crippen LogP) is 4.15. The minimum atomic E-state index is -0.0408. The van der Waals surface area contributed by atoms with Gasteiger partial charge < -0.3 is 9.30 Å². The standard InChI is InChI=1S/C25H23N3O2.C2H2/c29-25-15-22(30-17-24-26-12-1-13-27-24)14-23(21-10-11-21)28(25)16-20-8-6-19(7-9-20)5-4-18-2-3-18;1-2/h1,6-9,12-15,18,21H,2-3,10-11,16-17H2;1-2H. The van der Waals surface area contributed by atoms with Crippen LogP contribution < -0.4 is 10.3 Å². The molecule has 160 valence electrons. The van der Waals surface area contributed by atoms with Crippen LogP contribution in [0.4, 0.5) is 0 Å². The molecular formula is C27H25N3O2. The second-order valence-electron chi connectivity index (χ2n) is 8.01.